The van der Waals surface area contributed by atoms with Crippen molar-refractivity contribution in [2.24, 2.45) is 0 Å². The second kappa shape index (κ2) is 5.28. The summed E-state index contributed by atoms with van der Waals surface area (Å²) in [4.78, 5) is 0. The van der Waals surface area contributed by atoms with Gasteiger partial charge in [0.15, 0.2) is 0 Å². The first-order chi connectivity index (χ1) is 7.38. The van der Waals surface area contributed by atoms with E-state index < -0.39 is 0 Å². The van der Waals surface area contributed by atoms with E-state index in [0.717, 1.165) is 39.1 Å². The maximum atomic E-state index is 5.31. The molecule has 4 heteroatoms. The molecular weight excluding hydrogens is 190 g/mol. The normalized spacial score (nSPS) is 21.0. The summed E-state index contributed by atoms with van der Waals surface area (Å²) in [5.74, 6) is 0. The van der Waals surface area contributed by atoms with Crippen molar-refractivity contribution in [1.29, 1.82) is 0 Å². The first-order valence-corrected chi connectivity index (χ1v) is 5.71. The molecule has 1 aromatic rings. The summed E-state index contributed by atoms with van der Waals surface area (Å²) in [7, 11) is 0. The lowest BCUT2D eigenvalue weighted by atomic mass is 10.2. The van der Waals surface area contributed by atoms with E-state index in [1.165, 1.54) is 5.56 Å². The Morgan fingerprint density at radius 2 is 2.60 bits per heavy atom. The minimum Gasteiger partial charge on any atom is -0.380 e. The highest BCUT2D eigenvalue weighted by atomic mass is 16.5. The van der Waals surface area contributed by atoms with E-state index in [-0.39, 0.29) is 0 Å². The third-order valence-electron chi connectivity index (χ3n) is 2.66. The molecule has 0 aliphatic carbocycles. The molecule has 1 saturated heterocycles. The summed E-state index contributed by atoms with van der Waals surface area (Å²) in [5, 5.41) is 7.77. The molecule has 4 nitrogen and oxygen atoms in total. The molecule has 1 aromatic heterocycles. The van der Waals surface area contributed by atoms with Gasteiger partial charge in [0, 0.05) is 37.5 Å². The number of hydrogen-bond acceptors (Lipinski definition) is 3. The van der Waals surface area contributed by atoms with Crippen molar-refractivity contribution in [1.82, 2.24) is 15.1 Å². The Bertz CT molecular complexity index is 292. The lowest BCUT2D eigenvalue weighted by Gasteiger charge is -2.08. The molecule has 1 fully saturated rings. The zero-order chi connectivity index (χ0) is 10.5. The SMILES string of the molecule is CCCn1cc(CNC2CCOC2)cn1. The van der Waals surface area contributed by atoms with E-state index in [1.807, 2.05) is 10.9 Å². The summed E-state index contributed by atoms with van der Waals surface area (Å²) in [6, 6.07) is 0.527. The fourth-order valence-electron chi connectivity index (χ4n) is 1.81. The van der Waals surface area contributed by atoms with Crippen LogP contribution in [0.5, 0.6) is 0 Å². The van der Waals surface area contributed by atoms with Crippen LogP contribution < -0.4 is 5.32 Å². The van der Waals surface area contributed by atoms with E-state index in [9.17, 15) is 0 Å². The molecule has 1 aliphatic rings. The van der Waals surface area contributed by atoms with Crippen molar-refractivity contribution in [3.63, 3.8) is 0 Å². The van der Waals surface area contributed by atoms with Gasteiger partial charge < -0.3 is 10.1 Å². The molecule has 0 amide bonds. The highest BCUT2D eigenvalue weighted by molar-refractivity contribution is 5.03. The van der Waals surface area contributed by atoms with Crippen LogP contribution in [0.2, 0.25) is 0 Å². The molecule has 0 bridgehead atoms. The minimum absolute atomic E-state index is 0.527. The number of rotatable bonds is 5. The van der Waals surface area contributed by atoms with E-state index >= 15 is 0 Å². The van der Waals surface area contributed by atoms with Crippen LogP contribution in [0.3, 0.4) is 0 Å². The molecule has 0 radical (unpaired) electrons. The standard InChI is InChI=1S/C11H19N3O/c1-2-4-14-8-10(7-13-14)6-12-11-3-5-15-9-11/h7-8,11-12H,2-6,9H2,1H3. The molecule has 0 spiro atoms. The number of aromatic nitrogens is 2. The van der Waals surface area contributed by atoms with Gasteiger partial charge in [0.1, 0.15) is 0 Å². The Labute approximate surface area is 90.6 Å². The van der Waals surface area contributed by atoms with Crippen molar-refractivity contribution in [2.75, 3.05) is 13.2 Å². The second-order valence-electron chi connectivity index (χ2n) is 4.05. The molecule has 2 heterocycles. The highest BCUT2D eigenvalue weighted by Crippen LogP contribution is 2.05. The molecule has 1 unspecified atom stereocenters. The lowest BCUT2D eigenvalue weighted by Crippen LogP contribution is -2.28. The van der Waals surface area contributed by atoms with Gasteiger partial charge in [-0.05, 0) is 12.8 Å². The second-order valence-corrected chi connectivity index (χ2v) is 4.05. The van der Waals surface area contributed by atoms with Gasteiger partial charge in [-0.25, -0.2) is 0 Å². The molecule has 1 N–H and O–H groups in total. The summed E-state index contributed by atoms with van der Waals surface area (Å²) < 4.78 is 7.31. The first-order valence-electron chi connectivity index (χ1n) is 5.71. The summed E-state index contributed by atoms with van der Waals surface area (Å²) >= 11 is 0. The van der Waals surface area contributed by atoms with Crippen LogP contribution in [-0.4, -0.2) is 29.0 Å². The third-order valence-corrected chi connectivity index (χ3v) is 2.66. The molecule has 84 valence electrons. The fourth-order valence-corrected chi connectivity index (χ4v) is 1.81. The molecule has 0 aromatic carbocycles. The number of aryl methyl sites for hydroxylation is 1. The maximum absolute atomic E-state index is 5.31. The van der Waals surface area contributed by atoms with Gasteiger partial charge in [0.2, 0.25) is 0 Å². The summed E-state index contributed by atoms with van der Waals surface area (Å²) in [5.41, 5.74) is 1.26. The highest BCUT2D eigenvalue weighted by Gasteiger charge is 2.14. The predicted octanol–water partition coefficient (Wildman–Crippen LogP) is 1.17. The summed E-state index contributed by atoms with van der Waals surface area (Å²) in [6.07, 6.45) is 6.32. The zero-order valence-electron chi connectivity index (χ0n) is 9.28. The van der Waals surface area contributed by atoms with Gasteiger partial charge in [-0.2, -0.15) is 5.10 Å². The summed E-state index contributed by atoms with van der Waals surface area (Å²) in [6.45, 7) is 5.82. The zero-order valence-corrected chi connectivity index (χ0v) is 9.28. The number of hydrogen-bond donors (Lipinski definition) is 1. The van der Waals surface area contributed by atoms with E-state index in [4.69, 9.17) is 4.74 Å². The average Bonchev–Trinajstić information content (AvgIpc) is 2.85. The molecule has 0 saturated carbocycles. The third kappa shape index (κ3) is 3.04. The van der Waals surface area contributed by atoms with E-state index in [1.54, 1.807) is 0 Å². The van der Waals surface area contributed by atoms with Gasteiger partial charge in [-0.15, -0.1) is 0 Å². The van der Waals surface area contributed by atoms with Crippen molar-refractivity contribution in [3.05, 3.63) is 18.0 Å². The van der Waals surface area contributed by atoms with Gasteiger partial charge in [0.05, 0.1) is 12.8 Å². The quantitative estimate of drug-likeness (QED) is 0.791. The van der Waals surface area contributed by atoms with Crippen LogP contribution in [0, 0.1) is 0 Å². The van der Waals surface area contributed by atoms with Crippen molar-refractivity contribution >= 4 is 0 Å². The van der Waals surface area contributed by atoms with Gasteiger partial charge in [0.25, 0.3) is 0 Å². The van der Waals surface area contributed by atoms with Gasteiger partial charge in [-0.3, -0.25) is 4.68 Å². The first kappa shape index (κ1) is 10.6. The van der Waals surface area contributed by atoms with Crippen molar-refractivity contribution < 1.29 is 4.74 Å². The smallest absolute Gasteiger partial charge is 0.0620 e. The fraction of sp³-hybridized carbons (Fsp3) is 0.727. The maximum Gasteiger partial charge on any atom is 0.0620 e. The Balaban J connectivity index is 1.77. The Morgan fingerprint density at radius 3 is 3.33 bits per heavy atom. The Hall–Kier alpha value is -0.870. The van der Waals surface area contributed by atoms with Crippen LogP contribution in [-0.2, 0) is 17.8 Å². The largest absolute Gasteiger partial charge is 0.380 e. The van der Waals surface area contributed by atoms with Crippen LogP contribution in [0.25, 0.3) is 0 Å². The minimum atomic E-state index is 0.527. The van der Waals surface area contributed by atoms with Gasteiger partial charge in [-0.1, -0.05) is 6.92 Å². The monoisotopic (exact) mass is 209 g/mol. The van der Waals surface area contributed by atoms with Gasteiger partial charge >= 0.3 is 0 Å². The molecular formula is C11H19N3O. The molecule has 1 aliphatic heterocycles. The number of ether oxygens (including phenoxy) is 1. The molecule has 1 atom stereocenters. The van der Waals surface area contributed by atoms with Crippen LogP contribution in [0.4, 0.5) is 0 Å². The Kier molecular flexibility index (Phi) is 3.75. The van der Waals surface area contributed by atoms with Crippen LogP contribution in [0.15, 0.2) is 12.4 Å². The van der Waals surface area contributed by atoms with Crippen molar-refractivity contribution in [3.8, 4) is 0 Å². The van der Waals surface area contributed by atoms with E-state index in [2.05, 4.69) is 23.5 Å². The van der Waals surface area contributed by atoms with Crippen LogP contribution >= 0.6 is 0 Å². The predicted molar refractivity (Wildman–Crippen MR) is 58.6 cm³/mol. The number of nitrogens with one attached hydrogen (secondary N) is 1. The van der Waals surface area contributed by atoms with E-state index in [0.29, 0.717) is 6.04 Å². The molecule has 2 rings (SSSR count). The topological polar surface area (TPSA) is 39.1 Å². The van der Waals surface area contributed by atoms with Crippen LogP contribution in [0.1, 0.15) is 25.3 Å². The van der Waals surface area contributed by atoms with Crippen molar-refractivity contribution in [2.45, 2.75) is 38.9 Å². The lowest BCUT2D eigenvalue weighted by molar-refractivity contribution is 0.190. The number of nitrogens with zero attached hydrogens (tertiary/aromatic N) is 2. The average molecular weight is 209 g/mol. The Morgan fingerprint density at radius 1 is 1.67 bits per heavy atom. The molecule has 15 heavy (non-hydrogen) atoms.